The van der Waals surface area contributed by atoms with Gasteiger partial charge in [-0.15, -0.1) is 0 Å². The number of carboxylic acid groups (broad SMARTS) is 1. The highest BCUT2D eigenvalue weighted by atomic mass is 16.4. The second-order valence-electron chi connectivity index (χ2n) is 4.80. The summed E-state index contributed by atoms with van der Waals surface area (Å²) in [6.07, 6.45) is 0.595. The van der Waals surface area contributed by atoms with Gasteiger partial charge in [-0.1, -0.05) is 13.3 Å². The number of amides is 2. The Hall–Kier alpha value is -2.03. The van der Waals surface area contributed by atoms with E-state index in [-0.39, 0.29) is 5.96 Å². The topological polar surface area (TPSA) is 158 Å². The highest BCUT2D eigenvalue weighted by molar-refractivity contribution is 5.85. The second-order valence-corrected chi connectivity index (χ2v) is 4.80. The highest BCUT2D eigenvalue weighted by Crippen LogP contribution is 2.06. The van der Waals surface area contributed by atoms with Gasteiger partial charge in [0, 0.05) is 13.6 Å². The summed E-state index contributed by atoms with van der Waals surface area (Å²) in [5.41, 5.74) is 10.9. The van der Waals surface area contributed by atoms with Gasteiger partial charge >= 0.3 is 6.09 Å². The quantitative estimate of drug-likeness (QED) is 0.145. The Morgan fingerprint density at radius 2 is 2.00 bits per heavy atom. The molecule has 8 N–H and O–H groups in total. The Labute approximate surface area is 124 Å². The minimum absolute atomic E-state index is 0.160. The van der Waals surface area contributed by atoms with Crippen LogP contribution in [-0.2, 0) is 4.79 Å². The van der Waals surface area contributed by atoms with Crippen LogP contribution >= 0.6 is 0 Å². The molecule has 9 nitrogen and oxygen atoms in total. The van der Waals surface area contributed by atoms with Gasteiger partial charge in [0.25, 0.3) is 0 Å². The smallest absolute Gasteiger partial charge is 0.407 e. The van der Waals surface area contributed by atoms with Crippen molar-refractivity contribution in [1.29, 1.82) is 5.41 Å². The molecule has 0 saturated carbocycles. The van der Waals surface area contributed by atoms with Crippen molar-refractivity contribution >= 4 is 18.0 Å². The van der Waals surface area contributed by atoms with Gasteiger partial charge in [-0.2, -0.15) is 0 Å². The minimum atomic E-state index is -1.18. The number of carbonyl (C=O) groups excluding carboxylic acids is 1. The standard InChI is InChI=1S/C12H26N6O3/c1-3-5-9(13)17-10(19)8(18(2)12(20)21)6-4-7-16-11(14)15/h8-9H,3-7,13H2,1-2H3,(H,17,19)(H,20,21)(H4,14,15,16). The van der Waals surface area contributed by atoms with Crippen molar-refractivity contribution in [3.8, 4) is 0 Å². The maximum Gasteiger partial charge on any atom is 0.407 e. The lowest BCUT2D eigenvalue weighted by Crippen LogP contribution is -2.52. The van der Waals surface area contributed by atoms with Gasteiger partial charge in [-0.25, -0.2) is 4.79 Å². The Morgan fingerprint density at radius 3 is 2.48 bits per heavy atom. The maximum absolute atomic E-state index is 12.1. The largest absolute Gasteiger partial charge is 0.465 e. The molecule has 0 rings (SSSR count). The molecule has 0 radical (unpaired) electrons. The third kappa shape index (κ3) is 7.98. The van der Waals surface area contributed by atoms with Crippen molar-refractivity contribution in [3.63, 3.8) is 0 Å². The second kappa shape index (κ2) is 9.81. The summed E-state index contributed by atoms with van der Waals surface area (Å²) in [5, 5.41) is 21.3. The van der Waals surface area contributed by atoms with Crippen molar-refractivity contribution in [2.45, 2.75) is 44.8 Å². The van der Waals surface area contributed by atoms with Gasteiger partial charge in [0.2, 0.25) is 5.91 Å². The Balaban J connectivity index is 4.54. The first-order chi connectivity index (χ1) is 9.79. The normalized spacial score (nSPS) is 13.1. The molecule has 0 aliphatic heterocycles. The fourth-order valence-corrected chi connectivity index (χ4v) is 1.81. The van der Waals surface area contributed by atoms with Crippen LogP contribution in [0.4, 0.5) is 4.79 Å². The number of nitrogens with one attached hydrogen (secondary N) is 3. The molecule has 2 unspecified atom stereocenters. The first-order valence-corrected chi connectivity index (χ1v) is 6.89. The van der Waals surface area contributed by atoms with Crippen LogP contribution in [0.15, 0.2) is 0 Å². The average Bonchev–Trinajstić information content (AvgIpc) is 2.37. The van der Waals surface area contributed by atoms with E-state index in [9.17, 15) is 9.59 Å². The first kappa shape index (κ1) is 19.0. The van der Waals surface area contributed by atoms with Crippen LogP contribution in [-0.4, -0.2) is 53.8 Å². The molecule has 2 atom stereocenters. The number of likely N-dealkylation sites (N-methyl/N-ethyl adjacent to an activating group) is 1. The molecule has 21 heavy (non-hydrogen) atoms. The number of hydrogen-bond donors (Lipinski definition) is 6. The average molecular weight is 302 g/mol. The van der Waals surface area contributed by atoms with E-state index >= 15 is 0 Å². The van der Waals surface area contributed by atoms with E-state index in [0.717, 1.165) is 11.3 Å². The number of nitrogens with two attached hydrogens (primary N) is 2. The summed E-state index contributed by atoms with van der Waals surface area (Å²) in [6.45, 7) is 2.34. The lowest BCUT2D eigenvalue weighted by Gasteiger charge is -2.26. The van der Waals surface area contributed by atoms with Crippen LogP contribution in [0.25, 0.3) is 0 Å². The van der Waals surface area contributed by atoms with Crippen LogP contribution in [0.5, 0.6) is 0 Å². The van der Waals surface area contributed by atoms with E-state index < -0.39 is 24.2 Å². The molecule has 0 fully saturated rings. The monoisotopic (exact) mass is 302 g/mol. The van der Waals surface area contributed by atoms with Gasteiger partial charge in [0.1, 0.15) is 6.04 Å². The van der Waals surface area contributed by atoms with Crippen LogP contribution in [0, 0.1) is 5.41 Å². The van der Waals surface area contributed by atoms with Crippen molar-refractivity contribution in [1.82, 2.24) is 15.5 Å². The number of carbonyl (C=O) groups is 2. The molecular weight excluding hydrogens is 276 g/mol. The molecule has 2 amide bonds. The molecule has 0 aromatic rings. The fourth-order valence-electron chi connectivity index (χ4n) is 1.81. The van der Waals surface area contributed by atoms with E-state index in [1.807, 2.05) is 6.92 Å². The zero-order valence-electron chi connectivity index (χ0n) is 12.6. The van der Waals surface area contributed by atoms with E-state index in [1.165, 1.54) is 7.05 Å². The predicted molar refractivity (Wildman–Crippen MR) is 79.8 cm³/mol. The zero-order valence-corrected chi connectivity index (χ0v) is 12.6. The van der Waals surface area contributed by atoms with Crippen LogP contribution in [0.2, 0.25) is 0 Å². The summed E-state index contributed by atoms with van der Waals surface area (Å²) in [6, 6.07) is -0.820. The number of nitrogens with zero attached hydrogens (tertiary/aromatic N) is 1. The molecule has 0 heterocycles. The third-order valence-electron chi connectivity index (χ3n) is 2.97. The van der Waals surface area contributed by atoms with Crippen molar-refractivity contribution in [2.24, 2.45) is 11.5 Å². The summed E-state index contributed by atoms with van der Waals surface area (Å²) >= 11 is 0. The number of guanidine groups is 1. The number of rotatable bonds is 9. The Bertz CT molecular complexity index is 363. The SMILES string of the molecule is CCCC(N)NC(=O)C(CCCNC(=N)N)N(C)C(=O)O. The summed E-state index contributed by atoms with van der Waals surface area (Å²) in [5.74, 6) is -0.573. The summed E-state index contributed by atoms with van der Waals surface area (Å²) in [4.78, 5) is 24.1. The molecule has 0 bridgehead atoms. The van der Waals surface area contributed by atoms with E-state index in [4.69, 9.17) is 22.0 Å². The lowest BCUT2D eigenvalue weighted by molar-refractivity contribution is -0.126. The summed E-state index contributed by atoms with van der Waals surface area (Å²) < 4.78 is 0. The molecular formula is C12H26N6O3. The van der Waals surface area contributed by atoms with Crippen molar-refractivity contribution < 1.29 is 14.7 Å². The zero-order chi connectivity index (χ0) is 16.4. The van der Waals surface area contributed by atoms with Gasteiger partial charge in [0.05, 0.1) is 6.17 Å². The minimum Gasteiger partial charge on any atom is -0.465 e. The number of hydrogen-bond acceptors (Lipinski definition) is 4. The molecule has 9 heteroatoms. The molecule has 0 saturated heterocycles. The molecule has 0 aliphatic rings. The van der Waals surface area contributed by atoms with Gasteiger partial charge in [-0.05, 0) is 19.3 Å². The fraction of sp³-hybridized carbons (Fsp3) is 0.750. The molecule has 122 valence electrons. The molecule has 0 aliphatic carbocycles. The molecule has 0 spiro atoms. The van der Waals surface area contributed by atoms with Gasteiger partial charge < -0.3 is 27.2 Å². The lowest BCUT2D eigenvalue weighted by atomic mass is 10.1. The van der Waals surface area contributed by atoms with Crippen molar-refractivity contribution in [3.05, 3.63) is 0 Å². The molecule has 0 aromatic heterocycles. The van der Waals surface area contributed by atoms with Crippen LogP contribution in [0.1, 0.15) is 32.6 Å². The Kier molecular flexibility index (Phi) is 8.86. The van der Waals surface area contributed by atoms with Gasteiger partial charge in [-0.3, -0.25) is 15.1 Å². The van der Waals surface area contributed by atoms with Crippen molar-refractivity contribution in [2.75, 3.05) is 13.6 Å². The Morgan fingerprint density at radius 1 is 1.38 bits per heavy atom. The summed E-state index contributed by atoms with van der Waals surface area (Å²) in [7, 11) is 1.34. The van der Waals surface area contributed by atoms with Crippen LogP contribution in [0.3, 0.4) is 0 Å². The van der Waals surface area contributed by atoms with E-state index in [2.05, 4.69) is 10.6 Å². The predicted octanol–water partition coefficient (Wildman–Crippen LogP) is -0.571. The highest BCUT2D eigenvalue weighted by Gasteiger charge is 2.27. The van der Waals surface area contributed by atoms with Gasteiger partial charge in [0.15, 0.2) is 5.96 Å². The van der Waals surface area contributed by atoms with Crippen LogP contribution < -0.4 is 22.1 Å². The maximum atomic E-state index is 12.1. The first-order valence-electron chi connectivity index (χ1n) is 6.89. The van der Waals surface area contributed by atoms with E-state index in [0.29, 0.717) is 25.8 Å². The third-order valence-corrected chi connectivity index (χ3v) is 2.97. The van der Waals surface area contributed by atoms with E-state index in [1.54, 1.807) is 0 Å². The molecule has 0 aromatic carbocycles.